The summed E-state index contributed by atoms with van der Waals surface area (Å²) in [7, 11) is 5.96. The first-order chi connectivity index (χ1) is 31.1. The van der Waals surface area contributed by atoms with Crippen LogP contribution >= 0.6 is 0 Å². The third kappa shape index (κ3) is 47.0. The summed E-state index contributed by atoms with van der Waals surface area (Å²) in [5, 5.41) is 9.67. The summed E-state index contributed by atoms with van der Waals surface area (Å²) in [5.41, 5.74) is 0. The average Bonchev–Trinajstić information content (AvgIpc) is 3.26. The van der Waals surface area contributed by atoms with Crippen LogP contribution < -0.4 is 0 Å². The normalized spacial score (nSPS) is 13.3. The Balaban J connectivity index is 4.34. The maximum atomic E-state index is 12.8. The molecule has 64 heavy (non-hydrogen) atoms. The van der Waals surface area contributed by atoms with Crippen molar-refractivity contribution in [1.82, 2.24) is 0 Å². The molecule has 0 aromatic heterocycles. The van der Waals surface area contributed by atoms with E-state index < -0.39 is 24.3 Å². The highest BCUT2D eigenvalue weighted by molar-refractivity contribution is 5.71. The number of unbranched alkanes of at least 4 members (excludes halogenated alkanes) is 22. The van der Waals surface area contributed by atoms with Gasteiger partial charge in [0.25, 0.3) is 6.29 Å². The second kappa shape index (κ2) is 46.5. The summed E-state index contributed by atoms with van der Waals surface area (Å²) >= 11 is 0. The van der Waals surface area contributed by atoms with E-state index in [0.29, 0.717) is 23.9 Å². The van der Waals surface area contributed by atoms with Crippen LogP contribution in [0.3, 0.4) is 0 Å². The van der Waals surface area contributed by atoms with Gasteiger partial charge in [-0.2, -0.15) is 0 Å². The fourth-order valence-electron chi connectivity index (χ4n) is 7.00. The third-order valence-corrected chi connectivity index (χ3v) is 11.0. The van der Waals surface area contributed by atoms with Crippen molar-refractivity contribution in [2.75, 3.05) is 47.5 Å². The summed E-state index contributed by atoms with van der Waals surface area (Å²) < 4.78 is 22.8. The van der Waals surface area contributed by atoms with Gasteiger partial charge >= 0.3 is 17.9 Å². The van der Waals surface area contributed by atoms with Crippen molar-refractivity contribution in [3.8, 4) is 0 Å². The first kappa shape index (κ1) is 61.0. The fourth-order valence-corrected chi connectivity index (χ4v) is 7.00. The van der Waals surface area contributed by atoms with Crippen LogP contribution in [-0.2, 0) is 33.3 Å². The fraction of sp³-hybridized carbons (Fsp3) is 0.764. The number of aliphatic carboxylic acids is 1. The minimum atomic E-state index is -1.51. The van der Waals surface area contributed by atoms with E-state index >= 15 is 0 Å². The SMILES string of the molecule is CC/C=C\C/C=C\C/C=C\C/C=C\CCCCCCCCCCCCC(=O)OC(COC(=O)CCCCCCC/C=C\CCCCCCCCC)COC(OCC[N+](C)(C)C)C(=O)O. The van der Waals surface area contributed by atoms with Crippen molar-refractivity contribution in [2.24, 2.45) is 0 Å². The van der Waals surface area contributed by atoms with Gasteiger partial charge in [-0.25, -0.2) is 4.79 Å². The molecular weight excluding hydrogens is 803 g/mol. The van der Waals surface area contributed by atoms with Gasteiger partial charge < -0.3 is 28.5 Å². The molecule has 0 amide bonds. The third-order valence-electron chi connectivity index (χ3n) is 11.0. The second-order valence-electron chi connectivity index (χ2n) is 18.4. The summed E-state index contributed by atoms with van der Waals surface area (Å²) in [6.45, 7) is 4.75. The molecule has 0 aliphatic heterocycles. The lowest BCUT2D eigenvalue weighted by molar-refractivity contribution is -0.870. The number of carbonyl (C=O) groups is 3. The van der Waals surface area contributed by atoms with E-state index in [1.165, 1.54) is 89.9 Å². The first-order valence-electron chi connectivity index (χ1n) is 26.0. The average molecular weight is 901 g/mol. The van der Waals surface area contributed by atoms with Crippen LogP contribution in [0.4, 0.5) is 0 Å². The highest BCUT2D eigenvalue weighted by Crippen LogP contribution is 2.15. The molecule has 9 nitrogen and oxygen atoms in total. The predicted octanol–water partition coefficient (Wildman–Crippen LogP) is 14.5. The summed E-state index contributed by atoms with van der Waals surface area (Å²) in [6, 6.07) is 0. The summed E-state index contributed by atoms with van der Waals surface area (Å²) in [6.07, 6.45) is 54.2. The van der Waals surface area contributed by atoms with E-state index in [1.54, 1.807) is 0 Å². The Kier molecular flexibility index (Phi) is 44.3. The quantitative estimate of drug-likeness (QED) is 0.0211. The summed E-state index contributed by atoms with van der Waals surface area (Å²) in [5.74, 6) is -2.02. The van der Waals surface area contributed by atoms with Crippen LogP contribution in [-0.4, -0.2) is 87.4 Å². The molecule has 0 rings (SSSR count). The van der Waals surface area contributed by atoms with Gasteiger partial charge in [-0.15, -0.1) is 0 Å². The Morgan fingerprint density at radius 1 is 0.484 bits per heavy atom. The summed E-state index contributed by atoms with van der Waals surface area (Å²) in [4.78, 5) is 37.3. The van der Waals surface area contributed by atoms with Crippen LogP contribution in [0.15, 0.2) is 60.8 Å². The van der Waals surface area contributed by atoms with Gasteiger partial charge in [0.05, 0.1) is 34.4 Å². The second-order valence-corrected chi connectivity index (χ2v) is 18.4. The highest BCUT2D eigenvalue weighted by Gasteiger charge is 2.25. The molecule has 9 heteroatoms. The van der Waals surface area contributed by atoms with Gasteiger partial charge in [-0.05, 0) is 77.0 Å². The Morgan fingerprint density at radius 3 is 1.34 bits per heavy atom. The van der Waals surface area contributed by atoms with Crippen LogP contribution in [0, 0.1) is 0 Å². The molecule has 0 aliphatic carbocycles. The molecule has 0 fully saturated rings. The van der Waals surface area contributed by atoms with E-state index in [9.17, 15) is 19.5 Å². The van der Waals surface area contributed by atoms with E-state index in [-0.39, 0.29) is 32.2 Å². The first-order valence-corrected chi connectivity index (χ1v) is 26.0. The molecule has 0 aromatic rings. The van der Waals surface area contributed by atoms with Gasteiger partial charge in [0, 0.05) is 12.8 Å². The lowest BCUT2D eigenvalue weighted by Gasteiger charge is -2.25. The van der Waals surface area contributed by atoms with Crippen molar-refractivity contribution < 1.29 is 42.9 Å². The van der Waals surface area contributed by atoms with E-state index in [4.69, 9.17) is 18.9 Å². The highest BCUT2D eigenvalue weighted by atomic mass is 16.7. The van der Waals surface area contributed by atoms with Crippen molar-refractivity contribution in [1.29, 1.82) is 0 Å². The monoisotopic (exact) mass is 901 g/mol. The Morgan fingerprint density at radius 2 is 0.891 bits per heavy atom. The lowest BCUT2D eigenvalue weighted by atomic mass is 10.0. The number of carbonyl (C=O) groups excluding carboxylic acids is 2. The van der Waals surface area contributed by atoms with Gasteiger partial charge in [-0.3, -0.25) is 9.59 Å². The zero-order valence-corrected chi connectivity index (χ0v) is 41.9. The number of ether oxygens (including phenoxy) is 4. The topological polar surface area (TPSA) is 108 Å². The maximum absolute atomic E-state index is 12.8. The van der Waals surface area contributed by atoms with Crippen LogP contribution in [0.2, 0.25) is 0 Å². The van der Waals surface area contributed by atoms with Crippen molar-refractivity contribution in [3.05, 3.63) is 60.8 Å². The molecule has 0 spiro atoms. The van der Waals surface area contributed by atoms with E-state index in [2.05, 4.69) is 74.6 Å². The van der Waals surface area contributed by atoms with Crippen LogP contribution in [0.5, 0.6) is 0 Å². The molecule has 0 bridgehead atoms. The number of carboxylic acid groups (broad SMARTS) is 1. The molecule has 1 N–H and O–H groups in total. The molecule has 0 heterocycles. The van der Waals surface area contributed by atoms with E-state index in [1.807, 2.05) is 21.1 Å². The molecule has 0 aromatic carbocycles. The number of likely N-dealkylation sites (N-methyl/N-ethyl adjacent to an activating group) is 1. The van der Waals surface area contributed by atoms with Crippen molar-refractivity contribution in [2.45, 2.75) is 225 Å². The molecule has 0 saturated heterocycles. The molecular formula is C55H98NO8+. The smallest absolute Gasteiger partial charge is 0.361 e. The number of rotatable bonds is 47. The minimum absolute atomic E-state index is 0.184. The molecule has 2 unspecified atom stereocenters. The van der Waals surface area contributed by atoms with E-state index in [0.717, 1.165) is 89.9 Å². The maximum Gasteiger partial charge on any atom is 0.361 e. The van der Waals surface area contributed by atoms with Gasteiger partial charge in [0.1, 0.15) is 13.2 Å². The standard InChI is InChI=1S/C55H97NO8/c1-6-8-10-12-14-16-18-20-22-24-25-26-27-28-29-30-32-34-36-38-40-42-44-46-53(58)64-51(50-63-55(54(59)60)61-48-47-56(3,4)5)49-62-52(57)45-43-41-39-37-35-33-31-23-21-19-17-15-13-11-9-7-2/h8,10,14,16,20,22-23,25-26,31,51,55H,6-7,9,11-13,15,17-19,21,24,27-30,32-50H2,1-5H3/p+1/b10-8-,16-14-,22-20-,26-25-,31-23-. The number of quaternary nitrogens is 1. The number of carboxylic acids is 1. The van der Waals surface area contributed by atoms with Crippen LogP contribution in [0.1, 0.15) is 213 Å². The molecule has 0 aliphatic rings. The van der Waals surface area contributed by atoms with Gasteiger partial charge in [0.2, 0.25) is 0 Å². The number of hydrogen-bond donors (Lipinski definition) is 1. The Bertz CT molecular complexity index is 1230. The Labute approximate surface area is 393 Å². The predicted molar refractivity (Wildman–Crippen MR) is 267 cm³/mol. The lowest BCUT2D eigenvalue weighted by Crippen LogP contribution is -2.40. The van der Waals surface area contributed by atoms with Gasteiger partial charge in [0.15, 0.2) is 6.10 Å². The zero-order valence-electron chi connectivity index (χ0n) is 41.9. The molecule has 2 atom stereocenters. The largest absolute Gasteiger partial charge is 0.477 e. The number of hydrogen-bond acceptors (Lipinski definition) is 7. The number of esters is 2. The van der Waals surface area contributed by atoms with Gasteiger partial charge in [-0.1, -0.05) is 184 Å². The minimum Gasteiger partial charge on any atom is -0.477 e. The molecule has 0 radical (unpaired) electrons. The number of nitrogens with zero attached hydrogens (tertiary/aromatic N) is 1. The van der Waals surface area contributed by atoms with Crippen LogP contribution in [0.25, 0.3) is 0 Å². The van der Waals surface area contributed by atoms with Crippen molar-refractivity contribution >= 4 is 17.9 Å². The number of allylic oxidation sites excluding steroid dienone is 10. The molecule has 370 valence electrons. The van der Waals surface area contributed by atoms with Crippen molar-refractivity contribution in [3.63, 3.8) is 0 Å². The molecule has 0 saturated carbocycles. The Hall–Kier alpha value is -3.01. The zero-order chi connectivity index (χ0) is 47.0.